The third-order valence-corrected chi connectivity index (χ3v) is 4.50. The Morgan fingerprint density at radius 3 is 2.52 bits per heavy atom. The van der Waals surface area contributed by atoms with Crippen molar-refractivity contribution in [1.29, 1.82) is 0 Å². The van der Waals surface area contributed by atoms with Crippen LogP contribution in [-0.2, 0) is 0 Å². The highest BCUT2D eigenvalue weighted by molar-refractivity contribution is 7.14. The summed E-state index contributed by atoms with van der Waals surface area (Å²) >= 11 is 1.48. The number of thiophene rings is 1. The Morgan fingerprint density at radius 2 is 1.90 bits per heavy atom. The van der Waals surface area contributed by atoms with Gasteiger partial charge in [-0.3, -0.25) is 4.79 Å². The van der Waals surface area contributed by atoms with E-state index in [1.807, 2.05) is 19.1 Å². The molecule has 1 aliphatic rings. The van der Waals surface area contributed by atoms with Crippen molar-refractivity contribution in [1.82, 2.24) is 9.97 Å². The molecule has 5 nitrogen and oxygen atoms in total. The Hall–Kier alpha value is -1.95. The van der Waals surface area contributed by atoms with Gasteiger partial charge in [-0.15, -0.1) is 11.3 Å². The summed E-state index contributed by atoms with van der Waals surface area (Å²) in [6.07, 6.45) is 7.02. The molecule has 0 aromatic carbocycles. The fraction of sp³-hybridized carbons (Fsp3) is 0.400. The van der Waals surface area contributed by atoms with Crippen molar-refractivity contribution in [3.05, 3.63) is 34.3 Å². The highest BCUT2D eigenvalue weighted by Crippen LogP contribution is 2.18. The second kappa shape index (κ2) is 6.22. The third-order valence-electron chi connectivity index (χ3n) is 3.50. The molecule has 0 spiro atoms. The fourth-order valence-electron chi connectivity index (χ4n) is 2.39. The van der Waals surface area contributed by atoms with Gasteiger partial charge in [0.05, 0.1) is 23.0 Å². The Bertz CT molecular complexity index is 617. The smallest absolute Gasteiger partial charge is 0.265 e. The molecule has 1 fully saturated rings. The van der Waals surface area contributed by atoms with E-state index in [2.05, 4.69) is 20.2 Å². The molecule has 2 aromatic heterocycles. The van der Waals surface area contributed by atoms with Gasteiger partial charge in [-0.25, -0.2) is 9.97 Å². The fourth-order valence-corrected chi connectivity index (χ4v) is 3.16. The second-order valence-corrected chi connectivity index (χ2v) is 6.47. The first-order valence-corrected chi connectivity index (χ1v) is 7.99. The predicted molar refractivity (Wildman–Crippen MR) is 85.1 cm³/mol. The van der Waals surface area contributed by atoms with E-state index in [9.17, 15) is 4.79 Å². The number of nitrogens with zero attached hydrogens (tertiary/aromatic N) is 3. The molecule has 2 aromatic rings. The number of hydrogen-bond acceptors (Lipinski definition) is 5. The van der Waals surface area contributed by atoms with Gasteiger partial charge in [-0.05, 0) is 38.3 Å². The van der Waals surface area contributed by atoms with Gasteiger partial charge in [0.2, 0.25) is 5.95 Å². The Labute approximate surface area is 128 Å². The molecule has 0 atom stereocenters. The van der Waals surface area contributed by atoms with Gasteiger partial charge >= 0.3 is 0 Å². The summed E-state index contributed by atoms with van der Waals surface area (Å²) in [5, 5.41) is 2.83. The quantitative estimate of drug-likeness (QED) is 0.946. The molecule has 1 N–H and O–H groups in total. The van der Waals surface area contributed by atoms with Crippen LogP contribution in [-0.4, -0.2) is 29.0 Å². The van der Waals surface area contributed by atoms with Crippen molar-refractivity contribution >= 4 is 28.9 Å². The first-order valence-electron chi connectivity index (χ1n) is 7.17. The van der Waals surface area contributed by atoms with Crippen LogP contribution in [0.4, 0.5) is 11.6 Å². The molecule has 1 amide bonds. The molecule has 6 heteroatoms. The van der Waals surface area contributed by atoms with Crippen molar-refractivity contribution in [3.8, 4) is 0 Å². The van der Waals surface area contributed by atoms with E-state index < -0.39 is 0 Å². The molecular weight excluding hydrogens is 284 g/mol. The number of aromatic nitrogens is 2. The molecule has 0 radical (unpaired) electrons. The minimum absolute atomic E-state index is 0.109. The lowest BCUT2D eigenvalue weighted by atomic mass is 10.1. The molecule has 0 bridgehead atoms. The Morgan fingerprint density at radius 1 is 1.19 bits per heavy atom. The average Bonchev–Trinajstić information content (AvgIpc) is 2.96. The van der Waals surface area contributed by atoms with Crippen LogP contribution in [0.3, 0.4) is 0 Å². The highest BCUT2D eigenvalue weighted by Gasteiger charge is 2.14. The maximum atomic E-state index is 12.0. The number of piperidine rings is 1. The van der Waals surface area contributed by atoms with E-state index in [-0.39, 0.29) is 5.91 Å². The number of nitrogens with one attached hydrogen (secondary N) is 1. The summed E-state index contributed by atoms with van der Waals surface area (Å²) in [6.45, 7) is 4.01. The monoisotopic (exact) mass is 302 g/mol. The molecule has 1 saturated heterocycles. The number of hydrogen-bond donors (Lipinski definition) is 1. The third kappa shape index (κ3) is 3.39. The highest BCUT2D eigenvalue weighted by atomic mass is 32.1. The molecule has 0 aliphatic carbocycles. The van der Waals surface area contributed by atoms with Crippen molar-refractivity contribution in [3.63, 3.8) is 0 Å². The maximum absolute atomic E-state index is 12.0. The molecule has 1 aliphatic heterocycles. The normalized spacial score (nSPS) is 15.0. The van der Waals surface area contributed by atoms with Gasteiger partial charge in [0.1, 0.15) is 0 Å². The second-order valence-electron chi connectivity index (χ2n) is 5.18. The molecule has 0 saturated carbocycles. The lowest BCUT2D eigenvalue weighted by Gasteiger charge is -2.26. The van der Waals surface area contributed by atoms with E-state index in [0.717, 1.165) is 23.9 Å². The van der Waals surface area contributed by atoms with Gasteiger partial charge in [0, 0.05) is 18.0 Å². The SMILES string of the molecule is Cc1ccc(C(=O)Nc2cnc(N3CCCCC3)nc2)s1. The summed E-state index contributed by atoms with van der Waals surface area (Å²) < 4.78 is 0. The minimum atomic E-state index is -0.109. The van der Waals surface area contributed by atoms with Crippen LogP contribution in [0, 0.1) is 6.92 Å². The van der Waals surface area contributed by atoms with Crippen LogP contribution in [0.5, 0.6) is 0 Å². The van der Waals surface area contributed by atoms with Crippen LogP contribution in [0.25, 0.3) is 0 Å². The number of carbonyl (C=O) groups excluding carboxylic acids is 1. The van der Waals surface area contributed by atoms with E-state index in [1.54, 1.807) is 12.4 Å². The number of amides is 1. The number of anilines is 2. The van der Waals surface area contributed by atoms with Gasteiger partial charge in [-0.2, -0.15) is 0 Å². The molecule has 3 heterocycles. The number of carbonyl (C=O) groups is 1. The Kier molecular flexibility index (Phi) is 4.15. The van der Waals surface area contributed by atoms with Gasteiger partial charge in [0.25, 0.3) is 5.91 Å². The van der Waals surface area contributed by atoms with Crippen LogP contribution in [0.1, 0.15) is 33.8 Å². The zero-order valence-corrected chi connectivity index (χ0v) is 12.8. The van der Waals surface area contributed by atoms with Crippen molar-refractivity contribution in [2.75, 3.05) is 23.3 Å². The van der Waals surface area contributed by atoms with Crippen LogP contribution < -0.4 is 10.2 Å². The van der Waals surface area contributed by atoms with Gasteiger partial charge < -0.3 is 10.2 Å². The molecular formula is C15H18N4OS. The molecule has 0 unspecified atom stereocenters. The molecule has 3 rings (SSSR count). The van der Waals surface area contributed by atoms with Crippen LogP contribution >= 0.6 is 11.3 Å². The maximum Gasteiger partial charge on any atom is 0.265 e. The molecule has 21 heavy (non-hydrogen) atoms. The zero-order chi connectivity index (χ0) is 14.7. The summed E-state index contributed by atoms with van der Waals surface area (Å²) in [5.74, 6) is 0.641. The van der Waals surface area contributed by atoms with E-state index in [1.165, 1.54) is 30.6 Å². The lowest BCUT2D eigenvalue weighted by molar-refractivity contribution is 0.103. The lowest BCUT2D eigenvalue weighted by Crippen LogP contribution is -2.30. The predicted octanol–water partition coefficient (Wildman–Crippen LogP) is 3.09. The van der Waals surface area contributed by atoms with E-state index in [0.29, 0.717) is 10.6 Å². The minimum Gasteiger partial charge on any atom is -0.341 e. The van der Waals surface area contributed by atoms with Gasteiger partial charge in [-0.1, -0.05) is 0 Å². The summed E-state index contributed by atoms with van der Waals surface area (Å²) in [4.78, 5) is 24.8. The van der Waals surface area contributed by atoms with Gasteiger partial charge in [0.15, 0.2) is 0 Å². The average molecular weight is 302 g/mol. The van der Waals surface area contributed by atoms with Crippen molar-refractivity contribution in [2.24, 2.45) is 0 Å². The van der Waals surface area contributed by atoms with E-state index >= 15 is 0 Å². The van der Waals surface area contributed by atoms with Crippen LogP contribution in [0.15, 0.2) is 24.5 Å². The number of rotatable bonds is 3. The Balaban J connectivity index is 1.65. The van der Waals surface area contributed by atoms with Crippen LogP contribution in [0.2, 0.25) is 0 Å². The zero-order valence-electron chi connectivity index (χ0n) is 12.0. The largest absolute Gasteiger partial charge is 0.341 e. The molecule has 110 valence electrons. The summed E-state index contributed by atoms with van der Waals surface area (Å²) in [6, 6.07) is 3.77. The topological polar surface area (TPSA) is 58.1 Å². The number of aryl methyl sites for hydroxylation is 1. The van der Waals surface area contributed by atoms with Crippen molar-refractivity contribution in [2.45, 2.75) is 26.2 Å². The van der Waals surface area contributed by atoms with E-state index in [4.69, 9.17) is 0 Å². The standard InChI is InChI=1S/C15H18N4OS/c1-11-5-6-13(21-11)14(20)18-12-9-16-15(17-10-12)19-7-3-2-4-8-19/h5-6,9-10H,2-4,7-8H2,1H3,(H,18,20). The van der Waals surface area contributed by atoms with Crippen molar-refractivity contribution < 1.29 is 4.79 Å². The first kappa shape index (κ1) is 14.0. The first-order chi connectivity index (χ1) is 10.2. The summed E-state index contributed by atoms with van der Waals surface area (Å²) in [5.41, 5.74) is 0.631. The summed E-state index contributed by atoms with van der Waals surface area (Å²) in [7, 11) is 0.